The lowest BCUT2D eigenvalue weighted by atomic mass is 9.93. The number of amides is 2. The van der Waals surface area contributed by atoms with Crippen LogP contribution < -0.4 is 27.4 Å². The van der Waals surface area contributed by atoms with Crippen LogP contribution in [0.5, 0.6) is 0 Å². The summed E-state index contributed by atoms with van der Waals surface area (Å²) in [5.74, 6) is -0.682. The second-order valence-electron chi connectivity index (χ2n) is 8.89. The average Bonchev–Trinajstić information content (AvgIpc) is 3.47. The highest BCUT2D eigenvalue weighted by molar-refractivity contribution is 5.89. The van der Waals surface area contributed by atoms with Gasteiger partial charge >= 0.3 is 0 Å². The van der Waals surface area contributed by atoms with Crippen LogP contribution in [0.2, 0.25) is 0 Å². The van der Waals surface area contributed by atoms with Crippen molar-refractivity contribution < 1.29 is 14.0 Å². The van der Waals surface area contributed by atoms with Gasteiger partial charge in [0.2, 0.25) is 11.8 Å². The maximum atomic E-state index is 14.4. The lowest BCUT2D eigenvalue weighted by Gasteiger charge is -2.27. The van der Waals surface area contributed by atoms with Crippen LogP contribution in [0.15, 0.2) is 60.4 Å². The van der Waals surface area contributed by atoms with Crippen molar-refractivity contribution in [2.24, 2.45) is 5.73 Å². The van der Waals surface area contributed by atoms with Crippen LogP contribution in [0, 0.1) is 6.92 Å². The molecule has 2 amide bonds. The molecule has 2 aliphatic heterocycles. The molecule has 8 nitrogen and oxygen atoms in total. The van der Waals surface area contributed by atoms with Gasteiger partial charge in [0.15, 0.2) is 0 Å². The second kappa shape index (κ2) is 10.2. The van der Waals surface area contributed by atoms with E-state index in [-0.39, 0.29) is 37.2 Å². The smallest absolute Gasteiger partial charge is 0.243 e. The molecule has 0 aliphatic carbocycles. The number of aryl methyl sites for hydroxylation is 1. The molecule has 0 radical (unpaired) electrons. The molecule has 0 aromatic heterocycles. The largest absolute Gasteiger partial charge is 0.343 e. The monoisotopic (exact) mass is 466 g/mol. The van der Waals surface area contributed by atoms with Gasteiger partial charge in [-0.3, -0.25) is 9.59 Å². The highest BCUT2D eigenvalue weighted by Crippen LogP contribution is 2.28. The fourth-order valence-corrected chi connectivity index (χ4v) is 4.58. The lowest BCUT2D eigenvalue weighted by Crippen LogP contribution is -2.47. The Morgan fingerprint density at radius 3 is 2.62 bits per heavy atom. The Hall–Kier alpha value is -3.43. The van der Waals surface area contributed by atoms with E-state index in [1.165, 1.54) is 4.90 Å². The van der Waals surface area contributed by atoms with Crippen LogP contribution in [0.1, 0.15) is 54.1 Å². The molecular weight excluding hydrogens is 435 g/mol. The molecule has 6 N–H and O–H groups in total. The van der Waals surface area contributed by atoms with E-state index in [0.717, 1.165) is 22.3 Å². The second-order valence-corrected chi connectivity index (χ2v) is 8.89. The van der Waals surface area contributed by atoms with Crippen molar-refractivity contribution >= 4 is 11.8 Å². The molecule has 1 saturated heterocycles. The Balaban J connectivity index is 1.57. The Morgan fingerprint density at radius 1 is 1.21 bits per heavy atom. The van der Waals surface area contributed by atoms with Gasteiger partial charge in [-0.25, -0.2) is 4.39 Å². The molecule has 0 saturated carbocycles. The minimum Gasteiger partial charge on any atom is -0.343 e. The number of alkyl halides is 1. The summed E-state index contributed by atoms with van der Waals surface area (Å²) < 4.78 is 14.4. The highest BCUT2D eigenvalue weighted by atomic mass is 19.1. The summed E-state index contributed by atoms with van der Waals surface area (Å²) in [6.07, 6.45) is 0.390. The normalized spacial score (nSPS) is 21.3. The first-order chi connectivity index (χ1) is 16.3. The van der Waals surface area contributed by atoms with Gasteiger partial charge in [-0.15, -0.1) is 0 Å². The van der Waals surface area contributed by atoms with E-state index in [1.807, 2.05) is 62.4 Å². The van der Waals surface area contributed by atoms with Crippen LogP contribution in [-0.2, 0) is 9.59 Å². The maximum Gasteiger partial charge on any atom is 0.243 e. The van der Waals surface area contributed by atoms with Crippen molar-refractivity contribution in [3.8, 4) is 0 Å². The molecule has 2 heterocycles. The summed E-state index contributed by atoms with van der Waals surface area (Å²) in [5.41, 5.74) is 18.8. The molecule has 2 aromatic rings. The van der Waals surface area contributed by atoms with Gasteiger partial charge in [0.1, 0.15) is 12.2 Å². The Bertz CT molecular complexity index is 1070. The molecule has 180 valence electrons. The number of nitrogens with one attached hydrogen (secondary N) is 4. The van der Waals surface area contributed by atoms with E-state index >= 15 is 0 Å². The maximum absolute atomic E-state index is 14.4. The minimum atomic E-state index is -1.25. The van der Waals surface area contributed by atoms with E-state index in [2.05, 4.69) is 21.7 Å². The summed E-state index contributed by atoms with van der Waals surface area (Å²) in [4.78, 5) is 27.6. The summed E-state index contributed by atoms with van der Waals surface area (Å²) in [6.45, 7) is 3.83. The number of nitrogens with zero attached hydrogens (tertiary/aromatic N) is 1. The number of carbonyl (C=O) groups is 2. The third-order valence-electron chi connectivity index (χ3n) is 6.29. The van der Waals surface area contributed by atoms with E-state index in [9.17, 15) is 14.0 Å². The van der Waals surface area contributed by atoms with Crippen molar-refractivity contribution in [3.05, 3.63) is 82.7 Å². The zero-order chi connectivity index (χ0) is 24.2. The fourth-order valence-electron chi connectivity index (χ4n) is 4.58. The fraction of sp³-hybridized carbons (Fsp3) is 0.360. The van der Waals surface area contributed by atoms with E-state index in [4.69, 9.17) is 5.73 Å². The number of hydrogen-bond acceptors (Lipinski definition) is 6. The van der Waals surface area contributed by atoms with Crippen molar-refractivity contribution in [2.45, 2.75) is 51.0 Å². The predicted molar refractivity (Wildman–Crippen MR) is 127 cm³/mol. The summed E-state index contributed by atoms with van der Waals surface area (Å²) in [6, 6.07) is 14.1. The molecule has 9 heteroatoms. The van der Waals surface area contributed by atoms with Crippen LogP contribution in [-0.4, -0.2) is 35.5 Å². The average molecular weight is 467 g/mol. The summed E-state index contributed by atoms with van der Waals surface area (Å²) >= 11 is 0. The molecule has 4 atom stereocenters. The Labute approximate surface area is 198 Å². The number of carbonyl (C=O) groups excluding carboxylic acids is 2. The number of rotatable bonds is 7. The van der Waals surface area contributed by atoms with Crippen LogP contribution >= 0.6 is 0 Å². The zero-order valence-corrected chi connectivity index (χ0v) is 19.3. The van der Waals surface area contributed by atoms with E-state index < -0.39 is 18.3 Å². The van der Waals surface area contributed by atoms with Gasteiger partial charge < -0.3 is 26.8 Å². The Kier molecular flexibility index (Phi) is 7.14. The quantitative estimate of drug-likeness (QED) is 0.427. The van der Waals surface area contributed by atoms with Gasteiger partial charge in [-0.1, -0.05) is 48.5 Å². The van der Waals surface area contributed by atoms with Crippen molar-refractivity contribution in [1.29, 1.82) is 0 Å². The standard InChI is InChI=1S/C25H31FN6O2/c1-15-10-18(8-9-21(15)16(2)27)24(17-6-4-3-5-7-17)29-25(34)22-11-19(26)14-32(22)23(33)12-20-13-28-31-30-20/h3-10,13,16,19,22,24,28,30-31H,11-12,14,27H2,1-2H3,(H,29,34)/t16?,19-,22+,24-/m1/s1. The van der Waals surface area contributed by atoms with Gasteiger partial charge in [0.05, 0.1) is 24.7 Å². The number of likely N-dealkylation sites (tertiary alicyclic amines) is 1. The SMILES string of the molecule is Cc1cc([C@H](NC(=O)[C@@H]2C[C@@H](F)CN2C(=O)CC2=CNNN2)c2ccccc2)ccc1C(C)N. The van der Waals surface area contributed by atoms with Gasteiger partial charge in [0, 0.05) is 18.7 Å². The molecule has 1 fully saturated rings. The van der Waals surface area contributed by atoms with E-state index in [0.29, 0.717) is 5.70 Å². The van der Waals surface area contributed by atoms with Crippen LogP contribution in [0.3, 0.4) is 0 Å². The molecular formula is C25H31FN6O2. The number of hydrogen-bond donors (Lipinski definition) is 5. The zero-order valence-electron chi connectivity index (χ0n) is 19.3. The first-order valence-electron chi connectivity index (χ1n) is 11.4. The number of halogens is 1. The Morgan fingerprint density at radius 2 is 1.97 bits per heavy atom. The molecule has 0 bridgehead atoms. The van der Waals surface area contributed by atoms with Crippen LogP contribution in [0.25, 0.3) is 0 Å². The van der Waals surface area contributed by atoms with Gasteiger partial charge in [0.25, 0.3) is 0 Å². The van der Waals surface area contributed by atoms with Crippen molar-refractivity contribution in [1.82, 2.24) is 26.6 Å². The highest BCUT2D eigenvalue weighted by Gasteiger charge is 2.40. The third kappa shape index (κ3) is 5.21. The molecule has 2 aromatic carbocycles. The third-order valence-corrected chi connectivity index (χ3v) is 6.29. The van der Waals surface area contributed by atoms with Crippen LogP contribution in [0.4, 0.5) is 4.39 Å². The lowest BCUT2D eigenvalue weighted by molar-refractivity contribution is -0.138. The summed E-state index contributed by atoms with van der Waals surface area (Å²) in [7, 11) is 0. The topological polar surface area (TPSA) is 112 Å². The molecule has 34 heavy (non-hydrogen) atoms. The van der Waals surface area contributed by atoms with Crippen molar-refractivity contribution in [3.63, 3.8) is 0 Å². The van der Waals surface area contributed by atoms with Crippen molar-refractivity contribution in [2.75, 3.05) is 6.54 Å². The van der Waals surface area contributed by atoms with E-state index in [1.54, 1.807) is 6.20 Å². The summed E-state index contributed by atoms with van der Waals surface area (Å²) in [5, 5.41) is 3.08. The predicted octanol–water partition coefficient (Wildman–Crippen LogP) is 2.00. The minimum absolute atomic E-state index is 0.0231. The molecule has 0 spiro atoms. The first-order valence-corrected chi connectivity index (χ1v) is 11.4. The van der Waals surface area contributed by atoms with Gasteiger partial charge in [-0.05, 0) is 36.1 Å². The molecule has 2 aliphatic rings. The molecule has 4 rings (SSSR count). The number of nitrogens with two attached hydrogens (primary N) is 1. The molecule has 1 unspecified atom stereocenters. The number of hydrazine groups is 2. The first kappa shape index (κ1) is 23.7. The number of benzene rings is 2. The van der Waals surface area contributed by atoms with Gasteiger partial charge in [-0.2, -0.15) is 5.53 Å².